The molecule has 0 bridgehead atoms. The summed E-state index contributed by atoms with van der Waals surface area (Å²) in [4.78, 5) is 0. The average molecular weight is 483 g/mol. The second-order valence-corrected chi connectivity index (χ2v) is 10.2. The van der Waals surface area contributed by atoms with E-state index in [0.29, 0.717) is 35.7 Å². The molecule has 4 atom stereocenters. The topological polar surface area (TPSA) is 66.4 Å². The summed E-state index contributed by atoms with van der Waals surface area (Å²) in [5.74, 6) is 2.43. The second-order valence-electron chi connectivity index (χ2n) is 10.2. The number of hydrogen-bond acceptors (Lipinski definition) is 6. The minimum atomic E-state index is -0.972. The molecule has 4 rings (SSSR count). The monoisotopic (exact) mass is 482 g/mol. The van der Waals surface area contributed by atoms with E-state index in [4.69, 9.17) is 23.7 Å². The zero-order valence-electron chi connectivity index (χ0n) is 21.7. The van der Waals surface area contributed by atoms with Gasteiger partial charge in [0.15, 0.2) is 0 Å². The van der Waals surface area contributed by atoms with E-state index < -0.39 is 6.10 Å². The first-order valence-corrected chi connectivity index (χ1v) is 12.2. The van der Waals surface area contributed by atoms with Gasteiger partial charge in [-0.25, -0.2) is 0 Å². The normalized spacial score (nSPS) is 25.8. The lowest BCUT2D eigenvalue weighted by Gasteiger charge is -2.34. The fraction of sp³-hybridized carbons (Fsp3) is 0.517. The van der Waals surface area contributed by atoms with Crippen molar-refractivity contribution in [2.45, 2.75) is 63.8 Å². The number of benzene rings is 1. The molecular formula is C29H38O6. The number of aliphatic hydroxyl groups is 1. The maximum Gasteiger partial charge on any atom is 0.132 e. The molecule has 1 aromatic carbocycles. The van der Waals surface area contributed by atoms with Crippen molar-refractivity contribution in [1.82, 2.24) is 0 Å². The Hall–Kier alpha value is -2.70. The van der Waals surface area contributed by atoms with E-state index in [1.807, 2.05) is 12.2 Å². The molecule has 4 unspecified atom stereocenters. The van der Waals surface area contributed by atoms with Crippen LogP contribution in [0.4, 0.5) is 0 Å². The Kier molecular flexibility index (Phi) is 7.34. The van der Waals surface area contributed by atoms with Crippen LogP contribution >= 0.6 is 0 Å². The molecule has 0 amide bonds. The Bertz CT molecular complexity index is 1060. The lowest BCUT2D eigenvalue weighted by atomic mass is 9.78. The van der Waals surface area contributed by atoms with Gasteiger partial charge in [0, 0.05) is 31.6 Å². The summed E-state index contributed by atoms with van der Waals surface area (Å²) in [6.07, 6.45) is 6.64. The number of aryl methyl sites for hydroxylation is 1. The van der Waals surface area contributed by atoms with Crippen LogP contribution in [0.5, 0.6) is 5.75 Å². The van der Waals surface area contributed by atoms with E-state index in [9.17, 15) is 5.11 Å². The molecule has 1 N–H and O–H groups in total. The molecule has 1 aromatic rings. The van der Waals surface area contributed by atoms with Gasteiger partial charge in [-0.2, -0.15) is 0 Å². The van der Waals surface area contributed by atoms with E-state index in [-0.39, 0.29) is 23.5 Å². The van der Waals surface area contributed by atoms with Gasteiger partial charge in [-0.3, -0.25) is 0 Å². The maximum atomic E-state index is 11.2. The number of ether oxygens (including phenoxy) is 5. The van der Waals surface area contributed by atoms with Gasteiger partial charge in [0.1, 0.15) is 35.2 Å². The summed E-state index contributed by atoms with van der Waals surface area (Å²) < 4.78 is 29.0. The highest BCUT2D eigenvalue weighted by atomic mass is 16.5. The van der Waals surface area contributed by atoms with Gasteiger partial charge < -0.3 is 28.8 Å². The van der Waals surface area contributed by atoms with Crippen LogP contribution in [0.15, 0.2) is 59.8 Å². The summed E-state index contributed by atoms with van der Waals surface area (Å²) >= 11 is 0. The standard InChI is InChI=1S/C29H38O6/c1-17-12-19(28-22(13-17)29(3,4)10-11-34-28)14-20-8-9-23(35-20)27(30)18(2)26-24(32-6)15-21(31-5)16-25(26)33-7/h9,12-13,15-16,20,24,26-27,30H,2,8,10-11,14H2,1,3-7H3. The minimum absolute atomic E-state index is 0.0750. The summed E-state index contributed by atoms with van der Waals surface area (Å²) in [5.41, 5.74) is 4.30. The van der Waals surface area contributed by atoms with Crippen LogP contribution in [-0.2, 0) is 30.8 Å². The molecule has 0 saturated heterocycles. The van der Waals surface area contributed by atoms with Crippen LogP contribution in [0.3, 0.4) is 0 Å². The number of fused-ring (bicyclic) bond motifs is 1. The fourth-order valence-electron chi connectivity index (χ4n) is 5.26. The number of rotatable bonds is 8. The van der Waals surface area contributed by atoms with Gasteiger partial charge >= 0.3 is 0 Å². The molecule has 2 aliphatic heterocycles. The predicted molar refractivity (Wildman–Crippen MR) is 135 cm³/mol. The molecule has 0 saturated carbocycles. The molecule has 6 heteroatoms. The molecule has 0 radical (unpaired) electrons. The SMILES string of the molecule is C=C(C(O)C1=CCC(Cc2cc(C)cc3c2OCCC3(C)C)O1)C1C(OC)=CC(OC)=CC1OC. The first kappa shape index (κ1) is 25.4. The van der Waals surface area contributed by atoms with Gasteiger partial charge in [0.2, 0.25) is 0 Å². The predicted octanol–water partition coefficient (Wildman–Crippen LogP) is 4.89. The highest BCUT2D eigenvalue weighted by molar-refractivity contribution is 5.49. The molecule has 3 aliphatic rings. The van der Waals surface area contributed by atoms with E-state index in [1.165, 1.54) is 11.1 Å². The van der Waals surface area contributed by atoms with Crippen molar-refractivity contribution in [3.05, 3.63) is 76.5 Å². The summed E-state index contributed by atoms with van der Waals surface area (Å²) in [6, 6.07) is 4.43. The average Bonchev–Trinajstić information content (AvgIpc) is 3.31. The molecule has 190 valence electrons. The smallest absolute Gasteiger partial charge is 0.132 e. The van der Waals surface area contributed by atoms with Crippen LogP contribution < -0.4 is 4.74 Å². The van der Waals surface area contributed by atoms with E-state index in [2.05, 4.69) is 39.5 Å². The van der Waals surface area contributed by atoms with Gasteiger partial charge in [0.05, 0.1) is 32.8 Å². The third-order valence-electron chi connectivity index (χ3n) is 7.36. The first-order valence-electron chi connectivity index (χ1n) is 12.2. The largest absolute Gasteiger partial charge is 0.500 e. The molecule has 0 aromatic heterocycles. The third kappa shape index (κ3) is 5.00. The Morgan fingerprint density at radius 2 is 2.00 bits per heavy atom. The van der Waals surface area contributed by atoms with Crippen LogP contribution in [0.1, 0.15) is 43.4 Å². The van der Waals surface area contributed by atoms with Crippen molar-refractivity contribution < 1.29 is 28.8 Å². The van der Waals surface area contributed by atoms with Crippen molar-refractivity contribution in [3.63, 3.8) is 0 Å². The van der Waals surface area contributed by atoms with Crippen molar-refractivity contribution in [2.75, 3.05) is 27.9 Å². The Morgan fingerprint density at radius 3 is 2.69 bits per heavy atom. The van der Waals surface area contributed by atoms with E-state index in [0.717, 1.165) is 24.3 Å². The molecule has 0 fully saturated rings. The molecule has 35 heavy (non-hydrogen) atoms. The molecule has 0 spiro atoms. The number of aliphatic hydroxyl groups excluding tert-OH is 1. The molecule has 6 nitrogen and oxygen atoms in total. The van der Waals surface area contributed by atoms with Crippen molar-refractivity contribution in [2.24, 2.45) is 5.92 Å². The zero-order valence-corrected chi connectivity index (χ0v) is 21.7. The van der Waals surface area contributed by atoms with Crippen molar-refractivity contribution in [3.8, 4) is 5.75 Å². The van der Waals surface area contributed by atoms with Crippen LogP contribution in [0, 0.1) is 12.8 Å². The van der Waals surface area contributed by atoms with Gasteiger partial charge in [-0.15, -0.1) is 0 Å². The van der Waals surface area contributed by atoms with Crippen LogP contribution in [0.2, 0.25) is 0 Å². The highest BCUT2D eigenvalue weighted by Crippen LogP contribution is 2.42. The lowest BCUT2D eigenvalue weighted by molar-refractivity contribution is 0.0556. The number of allylic oxidation sites excluding steroid dienone is 1. The van der Waals surface area contributed by atoms with Crippen LogP contribution in [0.25, 0.3) is 0 Å². The van der Waals surface area contributed by atoms with Crippen LogP contribution in [-0.4, -0.2) is 51.4 Å². The summed E-state index contributed by atoms with van der Waals surface area (Å²) in [6.45, 7) is 11.6. The van der Waals surface area contributed by atoms with Gasteiger partial charge in [0.25, 0.3) is 0 Å². The number of hydrogen-bond donors (Lipinski definition) is 1. The first-order chi connectivity index (χ1) is 16.7. The van der Waals surface area contributed by atoms with Gasteiger partial charge in [-0.05, 0) is 42.0 Å². The van der Waals surface area contributed by atoms with E-state index in [1.54, 1.807) is 27.4 Å². The maximum absolute atomic E-state index is 11.2. The summed E-state index contributed by atoms with van der Waals surface area (Å²) in [7, 11) is 4.81. The van der Waals surface area contributed by atoms with Crippen molar-refractivity contribution >= 4 is 0 Å². The van der Waals surface area contributed by atoms with E-state index >= 15 is 0 Å². The Morgan fingerprint density at radius 1 is 1.23 bits per heavy atom. The quantitative estimate of drug-likeness (QED) is 0.532. The second kappa shape index (κ2) is 10.1. The zero-order chi connectivity index (χ0) is 25.3. The summed E-state index contributed by atoms with van der Waals surface area (Å²) in [5, 5.41) is 11.2. The highest BCUT2D eigenvalue weighted by Gasteiger charge is 2.37. The van der Waals surface area contributed by atoms with Crippen molar-refractivity contribution in [1.29, 1.82) is 0 Å². The Balaban J connectivity index is 1.48. The molecule has 1 aliphatic carbocycles. The molecule has 2 heterocycles. The number of methoxy groups -OCH3 is 3. The minimum Gasteiger partial charge on any atom is -0.500 e. The third-order valence-corrected chi connectivity index (χ3v) is 7.36. The molecular weight excluding hydrogens is 444 g/mol. The Labute approximate surface area is 208 Å². The fourth-order valence-corrected chi connectivity index (χ4v) is 5.26. The van der Waals surface area contributed by atoms with Gasteiger partial charge in [-0.1, -0.05) is 38.1 Å². The lowest BCUT2D eigenvalue weighted by Crippen LogP contribution is -2.33.